The summed E-state index contributed by atoms with van der Waals surface area (Å²) in [6.07, 6.45) is 3.18. The summed E-state index contributed by atoms with van der Waals surface area (Å²) in [6, 6.07) is 80.6. The number of rotatable bonds is 10. The van der Waals surface area contributed by atoms with Gasteiger partial charge >= 0.3 is 0 Å². The molecule has 330 valence electrons. The highest BCUT2D eigenvalue weighted by molar-refractivity contribution is 6.17. The number of hydrogen-bond donors (Lipinski definition) is 0. The lowest BCUT2D eigenvalue weighted by Gasteiger charge is -2.17. The molecule has 0 atom stereocenters. The summed E-state index contributed by atoms with van der Waals surface area (Å²) >= 11 is 0. The van der Waals surface area contributed by atoms with Crippen LogP contribution >= 0.6 is 0 Å². The van der Waals surface area contributed by atoms with Gasteiger partial charge in [-0.15, -0.1) is 0 Å². The highest BCUT2D eigenvalue weighted by atomic mass is 16.3. The zero-order valence-electron chi connectivity index (χ0n) is 38.1. The third-order valence-electron chi connectivity index (χ3n) is 13.4. The van der Waals surface area contributed by atoms with Crippen LogP contribution in [0.4, 0.5) is 0 Å². The molecule has 0 aliphatic carbocycles. The Bertz CT molecular complexity index is 3920. The number of para-hydroxylation sites is 2. The van der Waals surface area contributed by atoms with Gasteiger partial charge in [0.15, 0.2) is 17.5 Å². The van der Waals surface area contributed by atoms with Crippen LogP contribution in [-0.2, 0) is 12.8 Å². The Kier molecular flexibility index (Phi) is 10.2. The maximum atomic E-state index is 6.77. The van der Waals surface area contributed by atoms with E-state index < -0.39 is 0 Å². The standard InChI is InChI=1S/C64H43N5O/c1-6-20-43(21-7-1)49-32-19-33-50(44-22-8-2-9-23-44)52(49)36-42-37-54(64-67-62(45-24-10-3-11-25-45)66-63(68-64)46-26-12-4-13-27-46)56(65-41-42)38-47-28-18-35-59-61(47)55-39-58-53(40-60(55)70-59)51-31-16-17-34-57(51)69(58)48-29-14-5-15-30-48/h1-35,37,39-41H,36,38H2. The predicted molar refractivity (Wildman–Crippen MR) is 285 cm³/mol. The molecular weight excluding hydrogens is 855 g/mol. The average Bonchev–Trinajstić information content (AvgIpc) is 3.97. The first kappa shape index (κ1) is 41.0. The fourth-order valence-corrected chi connectivity index (χ4v) is 10.2. The molecule has 0 fully saturated rings. The zero-order valence-corrected chi connectivity index (χ0v) is 38.1. The molecule has 0 amide bonds. The molecule has 70 heavy (non-hydrogen) atoms. The van der Waals surface area contributed by atoms with Gasteiger partial charge in [-0.3, -0.25) is 4.98 Å². The Labute approximate surface area is 404 Å². The molecule has 0 N–H and O–H groups in total. The number of furan rings is 1. The van der Waals surface area contributed by atoms with Crippen molar-refractivity contribution in [2.75, 3.05) is 0 Å². The zero-order chi connectivity index (χ0) is 46.4. The van der Waals surface area contributed by atoms with E-state index in [-0.39, 0.29) is 0 Å². The SMILES string of the molecule is c1ccc(-c2nc(-c3ccccc3)nc(-c3cc(Cc4c(-c5ccccc5)cccc4-c4ccccc4)cnc3Cc3cccc4oc5cc6c7ccccc7n(-c7ccccc7)c6cc5c34)n2)cc1. The van der Waals surface area contributed by atoms with E-state index in [1.807, 2.05) is 66.9 Å². The van der Waals surface area contributed by atoms with Crippen molar-refractivity contribution in [3.63, 3.8) is 0 Å². The van der Waals surface area contributed by atoms with Crippen molar-refractivity contribution in [3.05, 3.63) is 259 Å². The van der Waals surface area contributed by atoms with Gasteiger partial charge in [0.1, 0.15) is 11.2 Å². The molecule has 0 bridgehead atoms. The minimum Gasteiger partial charge on any atom is -0.456 e. The quantitative estimate of drug-likeness (QED) is 0.137. The molecule has 0 aliphatic heterocycles. The third-order valence-corrected chi connectivity index (χ3v) is 13.4. The number of nitrogens with zero attached hydrogens (tertiary/aromatic N) is 5. The molecule has 0 aliphatic rings. The van der Waals surface area contributed by atoms with Crippen molar-refractivity contribution in [2.24, 2.45) is 0 Å². The van der Waals surface area contributed by atoms with Crippen LogP contribution in [-0.4, -0.2) is 24.5 Å². The Morgan fingerprint density at radius 2 is 0.943 bits per heavy atom. The van der Waals surface area contributed by atoms with E-state index in [9.17, 15) is 0 Å². The van der Waals surface area contributed by atoms with Crippen molar-refractivity contribution in [3.8, 4) is 62.1 Å². The Hall–Kier alpha value is -9.26. The second-order valence-electron chi connectivity index (χ2n) is 17.7. The number of hydrogen-bond acceptors (Lipinski definition) is 5. The van der Waals surface area contributed by atoms with E-state index in [2.05, 4.69) is 174 Å². The second kappa shape index (κ2) is 17.4. The lowest BCUT2D eigenvalue weighted by molar-refractivity contribution is 0.669. The Morgan fingerprint density at radius 3 is 1.59 bits per heavy atom. The molecule has 6 nitrogen and oxygen atoms in total. The summed E-state index contributed by atoms with van der Waals surface area (Å²) in [5.74, 6) is 1.76. The van der Waals surface area contributed by atoms with Crippen LogP contribution in [0.15, 0.2) is 241 Å². The summed E-state index contributed by atoms with van der Waals surface area (Å²) in [7, 11) is 0. The van der Waals surface area contributed by atoms with Crippen LogP contribution in [0.3, 0.4) is 0 Å². The summed E-state index contributed by atoms with van der Waals surface area (Å²) in [6.45, 7) is 0. The van der Waals surface area contributed by atoms with Gasteiger partial charge in [-0.2, -0.15) is 0 Å². The van der Waals surface area contributed by atoms with E-state index in [0.29, 0.717) is 30.3 Å². The maximum absolute atomic E-state index is 6.77. The topological polar surface area (TPSA) is 69.6 Å². The van der Waals surface area contributed by atoms with Gasteiger partial charge < -0.3 is 8.98 Å². The first-order valence-corrected chi connectivity index (χ1v) is 23.7. The molecule has 0 radical (unpaired) electrons. The first-order chi connectivity index (χ1) is 34.7. The van der Waals surface area contributed by atoms with Crippen molar-refractivity contribution < 1.29 is 4.42 Å². The minimum atomic E-state index is 0.504. The number of benzene rings is 9. The maximum Gasteiger partial charge on any atom is 0.165 e. The Morgan fingerprint density at radius 1 is 0.386 bits per heavy atom. The van der Waals surface area contributed by atoms with Crippen LogP contribution in [0.25, 0.3) is 106 Å². The largest absolute Gasteiger partial charge is 0.456 e. The summed E-state index contributed by atoms with van der Waals surface area (Å²) in [4.78, 5) is 21.1. The van der Waals surface area contributed by atoms with E-state index in [1.165, 1.54) is 33.2 Å². The van der Waals surface area contributed by atoms with Crippen molar-refractivity contribution in [2.45, 2.75) is 12.8 Å². The number of pyridine rings is 1. The minimum absolute atomic E-state index is 0.504. The van der Waals surface area contributed by atoms with Gasteiger partial charge in [-0.1, -0.05) is 188 Å². The van der Waals surface area contributed by atoms with Crippen molar-refractivity contribution >= 4 is 43.7 Å². The van der Waals surface area contributed by atoms with Gasteiger partial charge in [0, 0.05) is 63.0 Å². The van der Waals surface area contributed by atoms with Crippen LogP contribution in [0.5, 0.6) is 0 Å². The molecule has 0 unspecified atom stereocenters. The summed E-state index contributed by atoms with van der Waals surface area (Å²) in [5, 5.41) is 4.45. The smallest absolute Gasteiger partial charge is 0.165 e. The van der Waals surface area contributed by atoms with Crippen molar-refractivity contribution in [1.82, 2.24) is 24.5 Å². The van der Waals surface area contributed by atoms with Gasteiger partial charge in [0.05, 0.1) is 16.7 Å². The molecule has 0 saturated heterocycles. The van der Waals surface area contributed by atoms with Crippen molar-refractivity contribution in [1.29, 1.82) is 0 Å². The Balaban J connectivity index is 1.02. The highest BCUT2D eigenvalue weighted by Gasteiger charge is 2.22. The lowest BCUT2D eigenvalue weighted by Crippen LogP contribution is -2.05. The van der Waals surface area contributed by atoms with Crippen LogP contribution in [0.2, 0.25) is 0 Å². The van der Waals surface area contributed by atoms with E-state index in [4.69, 9.17) is 24.4 Å². The molecule has 9 aromatic carbocycles. The summed E-state index contributed by atoms with van der Waals surface area (Å²) in [5.41, 5.74) is 16.7. The third kappa shape index (κ3) is 7.39. The van der Waals surface area contributed by atoms with Gasteiger partial charge in [0.2, 0.25) is 0 Å². The molecule has 6 heteroatoms. The van der Waals surface area contributed by atoms with E-state index in [0.717, 1.165) is 77.6 Å². The first-order valence-electron chi connectivity index (χ1n) is 23.7. The monoisotopic (exact) mass is 897 g/mol. The molecular formula is C64H43N5O. The van der Waals surface area contributed by atoms with Crippen LogP contribution < -0.4 is 0 Å². The number of aromatic nitrogens is 5. The summed E-state index contributed by atoms with van der Waals surface area (Å²) < 4.78 is 9.12. The van der Waals surface area contributed by atoms with Crippen LogP contribution in [0, 0.1) is 0 Å². The molecule has 4 heterocycles. The lowest BCUT2D eigenvalue weighted by atomic mass is 9.88. The predicted octanol–water partition coefficient (Wildman–Crippen LogP) is 15.8. The second-order valence-corrected chi connectivity index (χ2v) is 17.7. The van der Waals surface area contributed by atoms with Gasteiger partial charge in [-0.25, -0.2) is 15.0 Å². The van der Waals surface area contributed by atoms with Gasteiger partial charge in [0.25, 0.3) is 0 Å². The number of fused-ring (bicyclic) bond motifs is 6. The normalized spacial score (nSPS) is 11.5. The molecule has 13 rings (SSSR count). The highest BCUT2D eigenvalue weighted by Crippen LogP contribution is 2.41. The fourth-order valence-electron chi connectivity index (χ4n) is 10.2. The molecule has 0 spiro atoms. The molecule has 4 aromatic heterocycles. The fraction of sp³-hybridized carbons (Fsp3) is 0.0312. The van der Waals surface area contributed by atoms with Gasteiger partial charge in [-0.05, 0) is 81.4 Å². The molecule has 13 aromatic rings. The van der Waals surface area contributed by atoms with E-state index in [1.54, 1.807) is 0 Å². The van der Waals surface area contributed by atoms with Crippen LogP contribution in [0.1, 0.15) is 22.4 Å². The average molecular weight is 898 g/mol. The molecule has 0 saturated carbocycles. The van der Waals surface area contributed by atoms with E-state index >= 15 is 0 Å².